The molecule has 1 aromatic heterocycles. The summed E-state index contributed by atoms with van der Waals surface area (Å²) in [4.78, 5) is 4.38. The van der Waals surface area contributed by atoms with E-state index in [0.717, 1.165) is 11.5 Å². The fourth-order valence-electron chi connectivity index (χ4n) is 1.31. The van der Waals surface area contributed by atoms with Gasteiger partial charge in [0.25, 0.3) is 0 Å². The predicted octanol–water partition coefficient (Wildman–Crippen LogP) is 1.98. The Morgan fingerprint density at radius 1 is 1.50 bits per heavy atom. The molecular formula is C10H14N2. The molecule has 0 radical (unpaired) electrons. The summed E-state index contributed by atoms with van der Waals surface area (Å²) < 4.78 is 0. The SMILES string of the molecule is C[C@H](N)c1ccc(C2CC2)nc1. The highest BCUT2D eigenvalue weighted by atomic mass is 14.7. The molecule has 64 valence electrons. The molecule has 2 nitrogen and oxygen atoms in total. The molecule has 12 heavy (non-hydrogen) atoms. The second-order valence-electron chi connectivity index (χ2n) is 3.58. The smallest absolute Gasteiger partial charge is 0.0434 e. The molecule has 0 spiro atoms. The molecule has 2 heteroatoms. The maximum absolute atomic E-state index is 5.72. The van der Waals surface area contributed by atoms with Crippen molar-refractivity contribution < 1.29 is 0 Å². The molecule has 0 saturated heterocycles. The summed E-state index contributed by atoms with van der Waals surface area (Å²) in [6, 6.07) is 4.30. The molecule has 1 saturated carbocycles. The van der Waals surface area contributed by atoms with Gasteiger partial charge in [-0.05, 0) is 31.4 Å². The van der Waals surface area contributed by atoms with E-state index in [9.17, 15) is 0 Å². The van der Waals surface area contributed by atoms with E-state index in [1.54, 1.807) is 0 Å². The number of nitrogens with two attached hydrogens (primary N) is 1. The summed E-state index contributed by atoms with van der Waals surface area (Å²) in [6.07, 6.45) is 4.52. The highest BCUT2D eigenvalue weighted by Crippen LogP contribution is 2.38. The van der Waals surface area contributed by atoms with E-state index in [1.807, 2.05) is 13.1 Å². The van der Waals surface area contributed by atoms with Gasteiger partial charge in [0.1, 0.15) is 0 Å². The van der Waals surface area contributed by atoms with Crippen molar-refractivity contribution in [3.8, 4) is 0 Å². The molecule has 0 amide bonds. The Hall–Kier alpha value is -0.890. The molecule has 2 N–H and O–H groups in total. The lowest BCUT2D eigenvalue weighted by atomic mass is 10.1. The molecule has 0 aromatic carbocycles. The van der Waals surface area contributed by atoms with Gasteiger partial charge in [0.15, 0.2) is 0 Å². The van der Waals surface area contributed by atoms with E-state index in [2.05, 4.69) is 17.1 Å². The van der Waals surface area contributed by atoms with E-state index < -0.39 is 0 Å². The van der Waals surface area contributed by atoms with Gasteiger partial charge in [-0.25, -0.2) is 0 Å². The second kappa shape index (κ2) is 2.87. The summed E-state index contributed by atoms with van der Waals surface area (Å²) in [7, 11) is 0. The number of rotatable bonds is 2. The normalized spacial score (nSPS) is 19.2. The van der Waals surface area contributed by atoms with Gasteiger partial charge < -0.3 is 5.73 Å². The lowest BCUT2D eigenvalue weighted by Crippen LogP contribution is -2.05. The maximum Gasteiger partial charge on any atom is 0.0434 e. The number of hydrogen-bond donors (Lipinski definition) is 1. The fourth-order valence-corrected chi connectivity index (χ4v) is 1.31. The third-order valence-corrected chi connectivity index (χ3v) is 2.33. The van der Waals surface area contributed by atoms with Crippen molar-refractivity contribution in [3.63, 3.8) is 0 Å². The van der Waals surface area contributed by atoms with Crippen LogP contribution < -0.4 is 5.73 Å². The average molecular weight is 162 g/mol. The minimum absolute atomic E-state index is 0.103. The van der Waals surface area contributed by atoms with Gasteiger partial charge in [0.2, 0.25) is 0 Å². The van der Waals surface area contributed by atoms with Crippen molar-refractivity contribution in [2.75, 3.05) is 0 Å². The van der Waals surface area contributed by atoms with Gasteiger partial charge in [0.05, 0.1) is 0 Å². The van der Waals surface area contributed by atoms with E-state index in [-0.39, 0.29) is 6.04 Å². The Bertz CT molecular complexity index is 239. The molecule has 1 fully saturated rings. The van der Waals surface area contributed by atoms with Crippen LogP contribution in [0.5, 0.6) is 0 Å². The summed E-state index contributed by atoms with van der Waals surface area (Å²) in [5.41, 5.74) is 8.08. The minimum Gasteiger partial charge on any atom is -0.324 e. The number of nitrogens with zero attached hydrogens (tertiary/aromatic N) is 1. The van der Waals surface area contributed by atoms with Crippen LogP contribution in [-0.4, -0.2) is 4.98 Å². The van der Waals surface area contributed by atoms with Gasteiger partial charge in [-0.1, -0.05) is 6.07 Å². The van der Waals surface area contributed by atoms with E-state index in [0.29, 0.717) is 0 Å². The third kappa shape index (κ3) is 1.48. The molecule has 1 aliphatic rings. The van der Waals surface area contributed by atoms with Gasteiger partial charge in [-0.3, -0.25) is 4.98 Å². The third-order valence-electron chi connectivity index (χ3n) is 2.33. The van der Waals surface area contributed by atoms with E-state index >= 15 is 0 Å². The first-order chi connectivity index (χ1) is 5.77. The van der Waals surface area contributed by atoms with Gasteiger partial charge in [0, 0.05) is 23.9 Å². The van der Waals surface area contributed by atoms with Gasteiger partial charge >= 0.3 is 0 Å². The van der Waals surface area contributed by atoms with E-state index in [4.69, 9.17) is 5.73 Å². The zero-order chi connectivity index (χ0) is 8.55. The first kappa shape index (κ1) is 7.74. The summed E-state index contributed by atoms with van der Waals surface area (Å²) in [5.74, 6) is 0.743. The molecule has 0 unspecified atom stereocenters. The van der Waals surface area contributed by atoms with Crippen LogP contribution in [0, 0.1) is 0 Å². The molecule has 0 bridgehead atoms. The van der Waals surface area contributed by atoms with Crippen molar-refractivity contribution in [2.24, 2.45) is 5.73 Å². The van der Waals surface area contributed by atoms with Gasteiger partial charge in [-0.2, -0.15) is 0 Å². The monoisotopic (exact) mass is 162 g/mol. The first-order valence-electron chi connectivity index (χ1n) is 4.49. The standard InChI is InChI=1S/C10H14N2/c1-7(11)9-4-5-10(12-6-9)8-2-3-8/h4-8H,2-3,11H2,1H3/t7-/m0/s1. The molecule has 1 aliphatic carbocycles. The molecule has 0 aliphatic heterocycles. The first-order valence-corrected chi connectivity index (χ1v) is 4.49. The highest BCUT2D eigenvalue weighted by molar-refractivity contribution is 5.21. The molecule has 1 heterocycles. The molecule has 1 atom stereocenters. The largest absolute Gasteiger partial charge is 0.324 e. The van der Waals surface area contributed by atoms with Gasteiger partial charge in [-0.15, -0.1) is 0 Å². The zero-order valence-electron chi connectivity index (χ0n) is 7.33. The summed E-state index contributed by atoms with van der Waals surface area (Å²) in [5, 5.41) is 0. The van der Waals surface area contributed by atoms with Crippen LogP contribution in [0.25, 0.3) is 0 Å². The van der Waals surface area contributed by atoms with Crippen molar-refractivity contribution in [1.29, 1.82) is 0 Å². The van der Waals surface area contributed by atoms with Crippen LogP contribution >= 0.6 is 0 Å². The van der Waals surface area contributed by atoms with Crippen LogP contribution in [0.1, 0.15) is 43.0 Å². The maximum atomic E-state index is 5.72. The Balaban J connectivity index is 2.18. The predicted molar refractivity (Wildman–Crippen MR) is 48.8 cm³/mol. The van der Waals surface area contributed by atoms with Crippen LogP contribution in [-0.2, 0) is 0 Å². The Kier molecular flexibility index (Phi) is 1.85. The van der Waals surface area contributed by atoms with Crippen molar-refractivity contribution >= 4 is 0 Å². The Labute approximate surface area is 72.8 Å². The Morgan fingerprint density at radius 2 is 2.25 bits per heavy atom. The Morgan fingerprint density at radius 3 is 2.67 bits per heavy atom. The summed E-state index contributed by atoms with van der Waals surface area (Å²) >= 11 is 0. The lowest BCUT2D eigenvalue weighted by Gasteiger charge is -2.04. The van der Waals surface area contributed by atoms with Crippen LogP contribution in [0.3, 0.4) is 0 Å². The average Bonchev–Trinajstić information content (AvgIpc) is 2.87. The van der Waals surface area contributed by atoms with E-state index in [1.165, 1.54) is 18.5 Å². The number of pyridine rings is 1. The quantitative estimate of drug-likeness (QED) is 0.722. The van der Waals surface area contributed by atoms with Crippen molar-refractivity contribution in [3.05, 3.63) is 29.6 Å². The molecule has 1 aromatic rings. The lowest BCUT2D eigenvalue weighted by molar-refractivity contribution is 0.806. The van der Waals surface area contributed by atoms with Crippen LogP contribution in [0.2, 0.25) is 0 Å². The van der Waals surface area contributed by atoms with Crippen LogP contribution in [0.15, 0.2) is 18.3 Å². The van der Waals surface area contributed by atoms with Crippen molar-refractivity contribution in [2.45, 2.75) is 31.7 Å². The summed E-state index contributed by atoms with van der Waals surface area (Å²) in [6.45, 7) is 1.98. The molecule has 2 rings (SSSR count). The minimum atomic E-state index is 0.103. The molecular weight excluding hydrogens is 148 g/mol. The number of aromatic nitrogens is 1. The fraction of sp³-hybridized carbons (Fsp3) is 0.500. The second-order valence-corrected chi connectivity index (χ2v) is 3.58. The van der Waals surface area contributed by atoms with Crippen molar-refractivity contribution in [1.82, 2.24) is 4.98 Å². The topological polar surface area (TPSA) is 38.9 Å². The number of hydrogen-bond acceptors (Lipinski definition) is 2. The zero-order valence-corrected chi connectivity index (χ0v) is 7.33. The van der Waals surface area contributed by atoms with Crippen LogP contribution in [0.4, 0.5) is 0 Å². The highest BCUT2D eigenvalue weighted by Gasteiger charge is 2.24.